The number of nitrogens with zero attached hydrogens (tertiary/aromatic N) is 3. The van der Waals surface area contributed by atoms with E-state index in [2.05, 4.69) is 35.4 Å². The first-order valence-electron chi connectivity index (χ1n) is 9.20. The van der Waals surface area contributed by atoms with E-state index < -0.39 is 6.29 Å². The summed E-state index contributed by atoms with van der Waals surface area (Å²) in [7, 11) is 0. The van der Waals surface area contributed by atoms with Gasteiger partial charge in [-0.2, -0.15) is 10.4 Å². The normalized spacial score (nSPS) is 14.7. The molecular weight excluding hydrogens is 338 g/mol. The molecule has 1 aliphatic rings. The average molecular weight is 359 g/mol. The molecule has 1 N–H and O–H groups in total. The molecule has 136 valence electrons. The van der Waals surface area contributed by atoms with Crippen molar-refractivity contribution in [2.45, 2.75) is 32.0 Å². The Morgan fingerprint density at radius 3 is 2.48 bits per heavy atom. The van der Waals surface area contributed by atoms with Crippen molar-refractivity contribution in [1.29, 1.82) is 5.26 Å². The van der Waals surface area contributed by atoms with Crippen LogP contribution in [-0.4, -0.2) is 21.5 Å². The van der Waals surface area contributed by atoms with Gasteiger partial charge >= 0.3 is 0 Å². The van der Waals surface area contributed by atoms with Crippen molar-refractivity contribution in [3.63, 3.8) is 0 Å². The van der Waals surface area contributed by atoms with Gasteiger partial charge in [0.15, 0.2) is 6.29 Å². The predicted molar refractivity (Wildman–Crippen MR) is 102 cm³/mol. The summed E-state index contributed by atoms with van der Waals surface area (Å²) >= 11 is 0. The Kier molecular flexibility index (Phi) is 4.76. The Hall–Kier alpha value is -2.94. The largest absolute Gasteiger partial charge is 0.363 e. The second-order valence-corrected chi connectivity index (χ2v) is 6.73. The predicted octanol–water partition coefficient (Wildman–Crippen LogP) is 4.32. The van der Waals surface area contributed by atoms with Gasteiger partial charge in [-0.25, -0.2) is 4.68 Å². The van der Waals surface area contributed by atoms with Crippen molar-refractivity contribution in [3.8, 4) is 23.0 Å². The molecule has 1 aromatic heterocycles. The zero-order valence-electron chi connectivity index (χ0n) is 15.2. The SMILES string of the molecule is CCOC(O)c1cc(-c2ccc(C#N)cc2)n(-c2ccc(C3CC3)cc2)n1. The molecule has 27 heavy (non-hydrogen) atoms. The molecule has 0 saturated heterocycles. The molecule has 5 nitrogen and oxygen atoms in total. The molecule has 1 atom stereocenters. The topological polar surface area (TPSA) is 71.1 Å². The summed E-state index contributed by atoms with van der Waals surface area (Å²) in [5.74, 6) is 0.699. The lowest BCUT2D eigenvalue weighted by Gasteiger charge is -2.09. The minimum atomic E-state index is -1.07. The molecular formula is C22H21N3O2. The molecule has 1 heterocycles. The smallest absolute Gasteiger partial charge is 0.200 e. The molecule has 1 aliphatic carbocycles. The summed E-state index contributed by atoms with van der Waals surface area (Å²) in [5.41, 5.74) is 5.11. The molecule has 0 radical (unpaired) electrons. The minimum Gasteiger partial charge on any atom is -0.363 e. The summed E-state index contributed by atoms with van der Waals surface area (Å²) in [5, 5.41) is 23.8. The van der Waals surface area contributed by atoms with Crippen molar-refractivity contribution >= 4 is 0 Å². The van der Waals surface area contributed by atoms with Crippen LogP contribution in [0.2, 0.25) is 0 Å². The van der Waals surface area contributed by atoms with Crippen LogP contribution in [0.25, 0.3) is 16.9 Å². The fraction of sp³-hybridized carbons (Fsp3) is 0.273. The lowest BCUT2D eigenvalue weighted by atomic mass is 10.1. The Bertz CT molecular complexity index is 964. The van der Waals surface area contributed by atoms with Gasteiger partial charge in [0.1, 0.15) is 5.69 Å². The van der Waals surface area contributed by atoms with E-state index in [9.17, 15) is 5.11 Å². The maximum Gasteiger partial charge on any atom is 0.200 e. The van der Waals surface area contributed by atoms with Crippen LogP contribution in [0.5, 0.6) is 0 Å². The molecule has 1 unspecified atom stereocenters. The van der Waals surface area contributed by atoms with Gasteiger partial charge in [0, 0.05) is 12.2 Å². The lowest BCUT2D eigenvalue weighted by molar-refractivity contribution is -0.101. The van der Waals surface area contributed by atoms with Crippen molar-refractivity contribution < 1.29 is 9.84 Å². The number of hydrogen-bond acceptors (Lipinski definition) is 4. The van der Waals surface area contributed by atoms with Crippen LogP contribution in [0.4, 0.5) is 0 Å². The second kappa shape index (κ2) is 7.36. The van der Waals surface area contributed by atoms with E-state index in [1.54, 1.807) is 12.1 Å². The minimum absolute atomic E-state index is 0.399. The van der Waals surface area contributed by atoms with Crippen LogP contribution in [0.1, 0.15) is 48.8 Å². The third kappa shape index (κ3) is 3.63. The summed E-state index contributed by atoms with van der Waals surface area (Å²) in [6.45, 7) is 2.23. The molecule has 1 saturated carbocycles. The van der Waals surface area contributed by atoms with Crippen LogP contribution in [-0.2, 0) is 4.74 Å². The third-order valence-corrected chi connectivity index (χ3v) is 4.80. The zero-order chi connectivity index (χ0) is 18.8. The van der Waals surface area contributed by atoms with Crippen molar-refractivity contribution in [2.24, 2.45) is 0 Å². The zero-order valence-corrected chi connectivity index (χ0v) is 15.2. The molecule has 0 amide bonds. The number of nitriles is 1. The van der Waals surface area contributed by atoms with E-state index >= 15 is 0 Å². The van der Waals surface area contributed by atoms with Gasteiger partial charge < -0.3 is 9.84 Å². The van der Waals surface area contributed by atoms with Gasteiger partial charge in [-0.1, -0.05) is 24.3 Å². The Balaban J connectivity index is 1.76. The fourth-order valence-corrected chi connectivity index (χ4v) is 3.19. The highest BCUT2D eigenvalue weighted by molar-refractivity contribution is 5.64. The summed E-state index contributed by atoms with van der Waals surface area (Å²) in [6, 6.07) is 19.7. The molecule has 1 fully saturated rings. The van der Waals surface area contributed by atoms with E-state index in [1.165, 1.54) is 18.4 Å². The highest BCUT2D eigenvalue weighted by Crippen LogP contribution is 2.40. The van der Waals surface area contributed by atoms with E-state index in [0.29, 0.717) is 23.8 Å². The molecule has 0 aliphatic heterocycles. The number of benzene rings is 2. The average Bonchev–Trinajstić information content (AvgIpc) is 3.46. The monoisotopic (exact) mass is 359 g/mol. The number of aliphatic hydroxyl groups excluding tert-OH is 1. The van der Waals surface area contributed by atoms with Crippen LogP contribution in [0, 0.1) is 11.3 Å². The number of aromatic nitrogens is 2. The first kappa shape index (κ1) is 17.5. The van der Waals surface area contributed by atoms with Crippen LogP contribution >= 0.6 is 0 Å². The number of ether oxygens (including phenoxy) is 1. The van der Waals surface area contributed by atoms with E-state index in [4.69, 9.17) is 10.00 Å². The Labute approximate surface area is 158 Å². The number of rotatable bonds is 6. The van der Waals surface area contributed by atoms with E-state index in [0.717, 1.165) is 16.9 Å². The van der Waals surface area contributed by atoms with Gasteiger partial charge in [0.05, 0.1) is 23.0 Å². The van der Waals surface area contributed by atoms with E-state index in [1.807, 2.05) is 29.8 Å². The molecule has 3 aromatic rings. The van der Waals surface area contributed by atoms with Crippen molar-refractivity contribution in [1.82, 2.24) is 9.78 Å². The van der Waals surface area contributed by atoms with Crippen LogP contribution in [0.3, 0.4) is 0 Å². The highest BCUT2D eigenvalue weighted by Gasteiger charge is 2.23. The van der Waals surface area contributed by atoms with Crippen LogP contribution in [0.15, 0.2) is 54.6 Å². The van der Waals surface area contributed by atoms with Gasteiger partial charge in [-0.05, 0) is 61.6 Å². The summed E-state index contributed by atoms with van der Waals surface area (Å²) in [6.07, 6.45) is 1.46. The highest BCUT2D eigenvalue weighted by atomic mass is 16.6. The molecule has 0 bridgehead atoms. The molecule has 5 heteroatoms. The Morgan fingerprint density at radius 1 is 1.19 bits per heavy atom. The quantitative estimate of drug-likeness (QED) is 0.666. The molecule has 4 rings (SSSR count). The third-order valence-electron chi connectivity index (χ3n) is 4.80. The first-order chi connectivity index (χ1) is 13.2. The van der Waals surface area contributed by atoms with Gasteiger partial charge in [-0.15, -0.1) is 0 Å². The number of hydrogen-bond donors (Lipinski definition) is 1. The fourth-order valence-electron chi connectivity index (χ4n) is 3.19. The Morgan fingerprint density at radius 2 is 1.89 bits per heavy atom. The lowest BCUT2D eigenvalue weighted by Crippen LogP contribution is -2.05. The first-order valence-corrected chi connectivity index (χ1v) is 9.20. The maximum atomic E-state index is 10.2. The van der Waals surface area contributed by atoms with Crippen LogP contribution < -0.4 is 0 Å². The maximum absolute atomic E-state index is 10.2. The number of aliphatic hydroxyl groups is 1. The summed E-state index contributed by atoms with van der Waals surface area (Å²) in [4.78, 5) is 0. The van der Waals surface area contributed by atoms with Gasteiger partial charge in [0.25, 0.3) is 0 Å². The van der Waals surface area contributed by atoms with Crippen molar-refractivity contribution in [3.05, 3.63) is 71.4 Å². The van der Waals surface area contributed by atoms with Gasteiger partial charge in [-0.3, -0.25) is 0 Å². The molecule has 0 spiro atoms. The van der Waals surface area contributed by atoms with E-state index in [-0.39, 0.29) is 0 Å². The van der Waals surface area contributed by atoms with Gasteiger partial charge in [0.2, 0.25) is 0 Å². The van der Waals surface area contributed by atoms with Crippen molar-refractivity contribution in [2.75, 3.05) is 6.61 Å². The second-order valence-electron chi connectivity index (χ2n) is 6.73. The molecule has 2 aromatic carbocycles. The summed E-state index contributed by atoms with van der Waals surface area (Å²) < 4.78 is 7.12. The standard InChI is InChI=1S/C22H21N3O2/c1-2-27-22(26)20-13-21(18-5-3-15(14-23)4-6-18)25(24-20)19-11-9-17(10-12-19)16-7-8-16/h3-6,9-13,16,22,26H,2,7-8H2,1H3.